The zero-order valence-corrected chi connectivity index (χ0v) is 16.2. The number of aromatic nitrogens is 3. The third-order valence-electron chi connectivity index (χ3n) is 6.22. The van der Waals surface area contributed by atoms with Crippen LogP contribution in [0.1, 0.15) is 61.5 Å². The Morgan fingerprint density at radius 2 is 2.07 bits per heavy atom. The lowest BCUT2D eigenvalue weighted by molar-refractivity contribution is -0.105. The third kappa shape index (κ3) is 4.36. The molecule has 1 saturated heterocycles. The van der Waals surface area contributed by atoms with Gasteiger partial charge >= 0.3 is 0 Å². The van der Waals surface area contributed by atoms with Crippen LogP contribution >= 0.6 is 0 Å². The molecule has 0 radical (unpaired) electrons. The van der Waals surface area contributed by atoms with E-state index in [1.54, 1.807) is 0 Å². The molecule has 1 N–H and O–H groups in total. The molecule has 1 spiro atoms. The van der Waals surface area contributed by atoms with E-state index in [-0.39, 0.29) is 5.60 Å². The standard InChI is InChI=1S/C22H30N4O/c1-17-25-15-19(16-26-17)14-23-11-7-18-8-12-27-22(13-18)9-4-5-20(22)21-6-2-3-10-24-21/h2-3,6,10,15-16,18,20,23H,4-5,7-9,11-14H2,1H3/t18-,20?,22?/m1/s1. The Labute approximate surface area is 162 Å². The van der Waals surface area contributed by atoms with Gasteiger partial charge in [-0.1, -0.05) is 6.07 Å². The van der Waals surface area contributed by atoms with E-state index >= 15 is 0 Å². The predicted molar refractivity (Wildman–Crippen MR) is 105 cm³/mol. The molecule has 4 rings (SSSR count). The van der Waals surface area contributed by atoms with E-state index in [9.17, 15) is 0 Å². The minimum Gasteiger partial charge on any atom is -0.374 e. The molecule has 2 aromatic rings. The summed E-state index contributed by atoms with van der Waals surface area (Å²) in [4.78, 5) is 13.2. The van der Waals surface area contributed by atoms with Gasteiger partial charge in [0, 0.05) is 48.9 Å². The van der Waals surface area contributed by atoms with Gasteiger partial charge in [0.2, 0.25) is 0 Å². The average molecular weight is 367 g/mol. The summed E-state index contributed by atoms with van der Waals surface area (Å²) in [5.74, 6) is 2.01. The Balaban J connectivity index is 1.30. The predicted octanol–water partition coefficient (Wildman–Crippen LogP) is 3.79. The summed E-state index contributed by atoms with van der Waals surface area (Å²) in [6.07, 6.45) is 12.9. The van der Waals surface area contributed by atoms with E-state index in [0.29, 0.717) is 5.92 Å². The van der Waals surface area contributed by atoms with Crippen molar-refractivity contribution >= 4 is 0 Å². The molecule has 0 amide bonds. The van der Waals surface area contributed by atoms with Crippen LogP contribution < -0.4 is 5.32 Å². The number of hydrogen-bond acceptors (Lipinski definition) is 5. The Kier molecular flexibility index (Phi) is 5.79. The lowest BCUT2D eigenvalue weighted by atomic mass is 9.76. The molecule has 27 heavy (non-hydrogen) atoms. The maximum Gasteiger partial charge on any atom is 0.125 e. The minimum atomic E-state index is 0.0159. The fourth-order valence-corrected chi connectivity index (χ4v) is 4.83. The lowest BCUT2D eigenvalue weighted by Gasteiger charge is -2.42. The highest BCUT2D eigenvalue weighted by atomic mass is 16.5. The molecule has 5 heteroatoms. The highest BCUT2D eigenvalue weighted by Crippen LogP contribution is 2.50. The monoisotopic (exact) mass is 366 g/mol. The lowest BCUT2D eigenvalue weighted by Crippen LogP contribution is -2.42. The molecule has 1 aliphatic heterocycles. The van der Waals surface area contributed by atoms with Crippen molar-refractivity contribution in [2.45, 2.75) is 63.5 Å². The van der Waals surface area contributed by atoms with Gasteiger partial charge < -0.3 is 10.1 Å². The normalized spacial score (nSPS) is 27.9. The number of nitrogens with zero attached hydrogens (tertiary/aromatic N) is 3. The number of hydrogen-bond donors (Lipinski definition) is 1. The molecule has 2 aliphatic rings. The van der Waals surface area contributed by atoms with Crippen molar-refractivity contribution in [3.8, 4) is 0 Å². The Morgan fingerprint density at radius 1 is 1.19 bits per heavy atom. The second kappa shape index (κ2) is 8.44. The fraction of sp³-hybridized carbons (Fsp3) is 0.591. The van der Waals surface area contributed by atoms with Gasteiger partial charge in [-0.25, -0.2) is 9.97 Å². The van der Waals surface area contributed by atoms with Crippen LogP contribution in [0.2, 0.25) is 0 Å². The quantitative estimate of drug-likeness (QED) is 0.788. The Hall–Kier alpha value is -1.85. The fourth-order valence-electron chi connectivity index (χ4n) is 4.83. The molecule has 5 nitrogen and oxygen atoms in total. The second-order valence-corrected chi connectivity index (χ2v) is 8.08. The molecular formula is C22H30N4O. The van der Waals surface area contributed by atoms with E-state index in [2.05, 4.69) is 32.4 Å². The smallest absolute Gasteiger partial charge is 0.125 e. The van der Waals surface area contributed by atoms with Crippen LogP contribution in [0.5, 0.6) is 0 Å². The molecule has 2 fully saturated rings. The van der Waals surface area contributed by atoms with Gasteiger partial charge in [0.1, 0.15) is 5.82 Å². The zero-order valence-electron chi connectivity index (χ0n) is 16.2. The van der Waals surface area contributed by atoms with Crippen molar-refractivity contribution in [1.29, 1.82) is 0 Å². The van der Waals surface area contributed by atoms with Gasteiger partial charge in [-0.3, -0.25) is 4.98 Å². The van der Waals surface area contributed by atoms with Gasteiger partial charge in [-0.15, -0.1) is 0 Å². The van der Waals surface area contributed by atoms with E-state index in [4.69, 9.17) is 4.74 Å². The van der Waals surface area contributed by atoms with Gasteiger partial charge in [-0.05, 0) is 70.0 Å². The molecule has 2 aromatic heterocycles. The molecule has 1 aliphatic carbocycles. The first-order valence-electron chi connectivity index (χ1n) is 10.3. The topological polar surface area (TPSA) is 59.9 Å². The Bertz CT molecular complexity index is 721. The van der Waals surface area contributed by atoms with Crippen LogP contribution in [0, 0.1) is 12.8 Å². The summed E-state index contributed by atoms with van der Waals surface area (Å²) >= 11 is 0. The SMILES string of the molecule is Cc1ncc(CNCC[C@@H]2CCOC3(CCCC3c3ccccn3)C2)cn1. The van der Waals surface area contributed by atoms with Crippen LogP contribution in [0.4, 0.5) is 0 Å². The van der Waals surface area contributed by atoms with Crippen LogP contribution in [-0.2, 0) is 11.3 Å². The van der Waals surface area contributed by atoms with Crippen LogP contribution in [0.3, 0.4) is 0 Å². The van der Waals surface area contributed by atoms with Crippen LogP contribution in [0.15, 0.2) is 36.8 Å². The highest BCUT2D eigenvalue weighted by molar-refractivity contribution is 5.18. The van der Waals surface area contributed by atoms with E-state index in [1.165, 1.54) is 44.2 Å². The summed E-state index contributed by atoms with van der Waals surface area (Å²) in [5, 5.41) is 3.56. The largest absolute Gasteiger partial charge is 0.374 e. The number of pyridine rings is 1. The maximum absolute atomic E-state index is 6.43. The van der Waals surface area contributed by atoms with Crippen molar-refractivity contribution in [2.24, 2.45) is 5.92 Å². The summed E-state index contributed by atoms with van der Waals surface area (Å²) in [6, 6.07) is 6.28. The van der Waals surface area contributed by atoms with Crippen LogP contribution in [0.25, 0.3) is 0 Å². The number of aryl methyl sites for hydroxylation is 1. The summed E-state index contributed by atoms with van der Waals surface area (Å²) in [7, 11) is 0. The molecule has 1 saturated carbocycles. The van der Waals surface area contributed by atoms with Crippen molar-refractivity contribution in [2.75, 3.05) is 13.2 Å². The molecule has 3 heterocycles. The molecule has 2 unspecified atom stereocenters. The molecule has 0 bridgehead atoms. The summed E-state index contributed by atoms with van der Waals surface area (Å²) < 4.78 is 6.43. The molecule has 3 atom stereocenters. The highest BCUT2D eigenvalue weighted by Gasteiger charge is 2.48. The first kappa shape index (κ1) is 18.5. The zero-order chi connectivity index (χ0) is 18.5. The molecule has 0 aromatic carbocycles. The number of rotatable bonds is 6. The molecular weight excluding hydrogens is 336 g/mol. The van der Waals surface area contributed by atoms with Gasteiger partial charge in [0.25, 0.3) is 0 Å². The summed E-state index contributed by atoms with van der Waals surface area (Å²) in [5.41, 5.74) is 2.38. The van der Waals surface area contributed by atoms with E-state index < -0.39 is 0 Å². The minimum absolute atomic E-state index is 0.0159. The number of ether oxygens (including phenoxy) is 1. The van der Waals surface area contributed by atoms with E-state index in [1.807, 2.05) is 31.6 Å². The van der Waals surface area contributed by atoms with Crippen molar-refractivity contribution in [1.82, 2.24) is 20.3 Å². The van der Waals surface area contributed by atoms with Crippen LogP contribution in [-0.4, -0.2) is 33.7 Å². The first-order valence-corrected chi connectivity index (χ1v) is 10.3. The van der Waals surface area contributed by atoms with Crippen molar-refractivity contribution in [3.05, 3.63) is 53.9 Å². The molecule has 144 valence electrons. The second-order valence-electron chi connectivity index (χ2n) is 8.08. The van der Waals surface area contributed by atoms with Crippen molar-refractivity contribution in [3.63, 3.8) is 0 Å². The average Bonchev–Trinajstić information content (AvgIpc) is 3.10. The van der Waals surface area contributed by atoms with Gasteiger partial charge in [0.05, 0.1) is 5.60 Å². The maximum atomic E-state index is 6.43. The third-order valence-corrected chi connectivity index (χ3v) is 6.22. The first-order chi connectivity index (χ1) is 13.3. The Morgan fingerprint density at radius 3 is 2.89 bits per heavy atom. The number of nitrogens with one attached hydrogen (secondary N) is 1. The van der Waals surface area contributed by atoms with E-state index in [0.717, 1.165) is 37.0 Å². The van der Waals surface area contributed by atoms with Crippen molar-refractivity contribution < 1.29 is 4.74 Å². The van der Waals surface area contributed by atoms with Gasteiger partial charge in [0.15, 0.2) is 0 Å². The van der Waals surface area contributed by atoms with Gasteiger partial charge in [-0.2, -0.15) is 0 Å². The summed E-state index contributed by atoms with van der Waals surface area (Å²) in [6.45, 7) is 4.67.